The summed E-state index contributed by atoms with van der Waals surface area (Å²) in [6.45, 7) is 2.47. The topological polar surface area (TPSA) is 87.1 Å². The molecule has 1 amide bonds. The first-order valence-corrected chi connectivity index (χ1v) is 6.24. The molecule has 1 aromatic rings. The zero-order valence-corrected chi connectivity index (χ0v) is 11.0. The van der Waals surface area contributed by atoms with Crippen LogP contribution < -0.4 is 5.32 Å². The highest BCUT2D eigenvalue weighted by molar-refractivity contribution is 5.67. The molecule has 0 fully saturated rings. The fraction of sp³-hybridized carbons (Fsp3) is 0.462. The van der Waals surface area contributed by atoms with E-state index >= 15 is 0 Å². The Bertz CT molecular complexity index is 430. The Morgan fingerprint density at radius 1 is 1.47 bits per heavy atom. The van der Waals surface area contributed by atoms with E-state index in [1.165, 1.54) is 0 Å². The van der Waals surface area contributed by atoms with E-state index in [0.717, 1.165) is 18.4 Å². The number of benzene rings is 1. The van der Waals surface area contributed by atoms with Crippen LogP contribution in [0.4, 0.5) is 4.79 Å². The van der Waals surface area contributed by atoms with Crippen LogP contribution in [-0.2, 0) is 11.3 Å². The average molecular weight is 262 g/mol. The molecule has 0 aromatic heterocycles. The molecular weight excluding hydrogens is 244 g/mol. The maximum Gasteiger partial charge on any atom is 0.407 e. The van der Waals surface area contributed by atoms with Gasteiger partial charge in [0.15, 0.2) is 0 Å². The highest BCUT2D eigenvalue weighted by atomic mass is 16.5. The van der Waals surface area contributed by atoms with E-state index in [9.17, 15) is 4.79 Å². The van der Waals surface area contributed by atoms with Gasteiger partial charge < -0.3 is 10.1 Å². The number of hydrogen-bond acceptors (Lipinski definition) is 3. The lowest BCUT2D eigenvalue weighted by molar-refractivity contribution is 0.135. The lowest BCUT2D eigenvalue weighted by Crippen LogP contribution is -2.37. The number of carbonyl (C=O) groups is 1. The van der Waals surface area contributed by atoms with Crippen LogP contribution in [-0.4, -0.2) is 18.7 Å². The molecule has 6 heteroatoms. The molecule has 0 saturated heterocycles. The van der Waals surface area contributed by atoms with E-state index in [0.29, 0.717) is 0 Å². The van der Waals surface area contributed by atoms with Gasteiger partial charge in [-0.3, -0.25) is 0 Å². The van der Waals surface area contributed by atoms with Crippen molar-refractivity contribution in [1.82, 2.24) is 5.32 Å². The first kappa shape index (κ1) is 14.9. The number of amides is 1. The van der Waals surface area contributed by atoms with Gasteiger partial charge in [-0.05, 0) is 17.5 Å². The van der Waals surface area contributed by atoms with Crippen LogP contribution in [0.25, 0.3) is 10.4 Å². The number of nitrogens with one attached hydrogen (secondary N) is 1. The molecule has 0 aliphatic rings. The van der Waals surface area contributed by atoms with Gasteiger partial charge in [0.05, 0.1) is 0 Å². The molecule has 1 atom stereocenters. The summed E-state index contributed by atoms with van der Waals surface area (Å²) in [5, 5.41) is 6.17. The first-order chi connectivity index (χ1) is 9.26. The van der Waals surface area contributed by atoms with Crippen molar-refractivity contribution in [3.8, 4) is 0 Å². The lowest BCUT2D eigenvalue weighted by atomic mass is 10.2. The zero-order chi connectivity index (χ0) is 13.9. The van der Waals surface area contributed by atoms with Crippen molar-refractivity contribution in [3.05, 3.63) is 46.3 Å². The largest absolute Gasteiger partial charge is 0.445 e. The third-order valence-corrected chi connectivity index (χ3v) is 2.54. The van der Waals surface area contributed by atoms with Crippen molar-refractivity contribution in [3.63, 3.8) is 0 Å². The minimum Gasteiger partial charge on any atom is -0.445 e. The second kappa shape index (κ2) is 8.83. The van der Waals surface area contributed by atoms with Gasteiger partial charge in [0.25, 0.3) is 0 Å². The van der Waals surface area contributed by atoms with E-state index < -0.39 is 6.09 Å². The van der Waals surface area contributed by atoms with E-state index in [-0.39, 0.29) is 19.2 Å². The normalized spacial score (nSPS) is 11.2. The van der Waals surface area contributed by atoms with Crippen molar-refractivity contribution in [2.24, 2.45) is 5.11 Å². The molecular formula is C13H18N4O2. The molecule has 0 saturated carbocycles. The molecule has 0 aliphatic heterocycles. The Hall–Kier alpha value is -2.20. The van der Waals surface area contributed by atoms with E-state index in [1.54, 1.807) is 0 Å². The van der Waals surface area contributed by atoms with E-state index in [2.05, 4.69) is 15.3 Å². The van der Waals surface area contributed by atoms with Gasteiger partial charge >= 0.3 is 6.09 Å². The summed E-state index contributed by atoms with van der Waals surface area (Å²) < 4.78 is 5.10. The van der Waals surface area contributed by atoms with Crippen molar-refractivity contribution < 1.29 is 9.53 Å². The van der Waals surface area contributed by atoms with E-state index in [4.69, 9.17) is 10.3 Å². The van der Waals surface area contributed by atoms with Gasteiger partial charge in [0, 0.05) is 17.5 Å². The molecule has 0 bridgehead atoms. The Kier molecular flexibility index (Phi) is 6.90. The summed E-state index contributed by atoms with van der Waals surface area (Å²) in [6.07, 6.45) is 1.15. The SMILES string of the molecule is CCCC(CN=[N+]=[N-])NC(=O)OCc1ccccc1. The van der Waals surface area contributed by atoms with E-state index in [1.807, 2.05) is 37.3 Å². The fourth-order valence-electron chi connectivity index (χ4n) is 1.62. The Morgan fingerprint density at radius 2 is 2.21 bits per heavy atom. The lowest BCUT2D eigenvalue weighted by Gasteiger charge is -2.15. The molecule has 1 aromatic carbocycles. The minimum absolute atomic E-state index is 0.177. The van der Waals surface area contributed by atoms with Gasteiger partial charge in [0.1, 0.15) is 6.61 Å². The summed E-state index contributed by atoms with van der Waals surface area (Å²) in [4.78, 5) is 14.3. The fourth-order valence-corrected chi connectivity index (χ4v) is 1.62. The monoisotopic (exact) mass is 262 g/mol. The Morgan fingerprint density at radius 3 is 2.84 bits per heavy atom. The first-order valence-electron chi connectivity index (χ1n) is 6.24. The maximum atomic E-state index is 11.6. The molecule has 6 nitrogen and oxygen atoms in total. The number of rotatable bonds is 7. The van der Waals surface area contributed by atoms with Crippen LogP contribution in [0, 0.1) is 0 Å². The van der Waals surface area contributed by atoms with Crippen LogP contribution >= 0.6 is 0 Å². The molecule has 19 heavy (non-hydrogen) atoms. The highest BCUT2D eigenvalue weighted by Crippen LogP contribution is 2.02. The van der Waals surface area contributed by atoms with Crippen molar-refractivity contribution in [2.75, 3.05) is 6.54 Å². The Balaban J connectivity index is 2.37. The number of alkyl carbamates (subject to hydrolysis) is 1. The van der Waals surface area contributed by atoms with Gasteiger partial charge in [-0.2, -0.15) is 0 Å². The van der Waals surface area contributed by atoms with Gasteiger partial charge in [-0.15, -0.1) is 0 Å². The minimum atomic E-state index is -0.490. The van der Waals surface area contributed by atoms with Crippen LogP contribution in [0.1, 0.15) is 25.3 Å². The molecule has 0 aliphatic carbocycles. The number of azide groups is 1. The summed E-state index contributed by atoms with van der Waals surface area (Å²) in [5.74, 6) is 0. The molecule has 1 unspecified atom stereocenters. The van der Waals surface area contributed by atoms with Crippen molar-refractivity contribution in [1.29, 1.82) is 0 Å². The third kappa shape index (κ3) is 6.33. The molecule has 0 spiro atoms. The average Bonchev–Trinajstić information content (AvgIpc) is 2.44. The molecule has 1 N–H and O–H groups in total. The van der Waals surface area contributed by atoms with Crippen LogP contribution in [0.3, 0.4) is 0 Å². The second-order valence-electron chi connectivity index (χ2n) is 4.11. The standard InChI is InChI=1S/C13H18N4O2/c1-2-6-12(9-15-17-14)16-13(18)19-10-11-7-4-3-5-8-11/h3-5,7-8,12H,2,6,9-10H2,1H3,(H,16,18). The highest BCUT2D eigenvalue weighted by Gasteiger charge is 2.11. The van der Waals surface area contributed by atoms with Gasteiger partial charge in [0.2, 0.25) is 0 Å². The molecule has 0 heterocycles. The molecule has 102 valence electrons. The van der Waals surface area contributed by atoms with Gasteiger partial charge in [-0.25, -0.2) is 4.79 Å². The van der Waals surface area contributed by atoms with Crippen molar-refractivity contribution in [2.45, 2.75) is 32.4 Å². The van der Waals surface area contributed by atoms with Crippen LogP contribution in [0.5, 0.6) is 0 Å². The second-order valence-corrected chi connectivity index (χ2v) is 4.11. The summed E-state index contributed by atoms with van der Waals surface area (Å²) in [6, 6.07) is 9.27. The zero-order valence-electron chi connectivity index (χ0n) is 11.0. The third-order valence-electron chi connectivity index (χ3n) is 2.54. The summed E-state index contributed by atoms with van der Waals surface area (Å²) in [7, 11) is 0. The van der Waals surface area contributed by atoms with Crippen molar-refractivity contribution >= 4 is 6.09 Å². The number of ether oxygens (including phenoxy) is 1. The number of carbonyl (C=O) groups excluding carboxylic acids is 1. The van der Waals surface area contributed by atoms with Gasteiger partial charge in [-0.1, -0.05) is 48.8 Å². The summed E-state index contributed by atoms with van der Waals surface area (Å²) >= 11 is 0. The predicted octanol–water partition coefficient (Wildman–Crippen LogP) is 3.39. The van der Waals surface area contributed by atoms with Crippen LogP contribution in [0.2, 0.25) is 0 Å². The quantitative estimate of drug-likeness (QED) is 0.463. The summed E-state index contributed by atoms with van der Waals surface area (Å²) in [5.41, 5.74) is 9.21. The maximum absolute atomic E-state index is 11.6. The molecule has 1 rings (SSSR count). The van der Waals surface area contributed by atoms with Crippen LogP contribution in [0.15, 0.2) is 35.4 Å². The predicted molar refractivity (Wildman–Crippen MR) is 72.5 cm³/mol. The Labute approximate surface area is 112 Å². The molecule has 0 radical (unpaired) electrons. The number of hydrogen-bond donors (Lipinski definition) is 1. The number of nitrogens with zero attached hydrogens (tertiary/aromatic N) is 3. The smallest absolute Gasteiger partial charge is 0.407 e.